The fraction of sp³-hybridized carbons (Fsp3) is 0.308. The first kappa shape index (κ1) is 11.7. The van der Waals surface area contributed by atoms with Gasteiger partial charge < -0.3 is 10.2 Å². The van der Waals surface area contributed by atoms with Crippen LogP contribution in [0.4, 0.5) is 0 Å². The standard InChI is InChI=1S/C13H12N4O2S/c18-8-4-5-9(10(19)6-8)12-16-17-11(7-2-1-3-7)14-15-13(17)20-12/h4-7,18-19H,1-3H2. The molecule has 7 heteroatoms. The van der Waals surface area contributed by atoms with Crippen LogP contribution in [0.1, 0.15) is 31.0 Å². The molecule has 6 nitrogen and oxygen atoms in total. The van der Waals surface area contributed by atoms with E-state index >= 15 is 0 Å². The number of hydrogen-bond acceptors (Lipinski definition) is 6. The maximum Gasteiger partial charge on any atom is 0.234 e. The Hall–Kier alpha value is -2.15. The molecule has 0 aliphatic heterocycles. The molecule has 1 fully saturated rings. The van der Waals surface area contributed by atoms with Gasteiger partial charge in [0.15, 0.2) is 10.8 Å². The SMILES string of the molecule is Oc1ccc(-c2nn3c(C4CCC4)nnc3s2)c(O)c1. The topological polar surface area (TPSA) is 83.5 Å². The normalized spacial score (nSPS) is 15.6. The zero-order chi connectivity index (χ0) is 13.7. The first-order valence-corrected chi connectivity index (χ1v) is 7.28. The van der Waals surface area contributed by atoms with E-state index in [4.69, 9.17) is 0 Å². The van der Waals surface area contributed by atoms with Crippen LogP contribution in [-0.4, -0.2) is 30.0 Å². The summed E-state index contributed by atoms with van der Waals surface area (Å²) in [7, 11) is 0. The van der Waals surface area contributed by atoms with E-state index in [9.17, 15) is 10.2 Å². The van der Waals surface area contributed by atoms with Gasteiger partial charge >= 0.3 is 0 Å². The average Bonchev–Trinajstić information content (AvgIpc) is 2.89. The van der Waals surface area contributed by atoms with Crippen LogP contribution in [0, 0.1) is 0 Å². The van der Waals surface area contributed by atoms with Crippen molar-refractivity contribution in [2.75, 3.05) is 0 Å². The van der Waals surface area contributed by atoms with E-state index in [1.807, 2.05) is 0 Å². The highest BCUT2D eigenvalue weighted by atomic mass is 32.1. The van der Waals surface area contributed by atoms with Gasteiger partial charge in [-0.05, 0) is 25.0 Å². The fourth-order valence-electron chi connectivity index (χ4n) is 2.36. The lowest BCUT2D eigenvalue weighted by molar-refractivity contribution is 0.395. The third-order valence-electron chi connectivity index (χ3n) is 3.70. The molecule has 0 amide bonds. The summed E-state index contributed by atoms with van der Waals surface area (Å²) >= 11 is 1.38. The lowest BCUT2D eigenvalue weighted by Crippen LogP contribution is -2.12. The number of phenolic OH excluding ortho intramolecular Hbond substituents is 2. The van der Waals surface area contributed by atoms with Gasteiger partial charge in [-0.3, -0.25) is 0 Å². The average molecular weight is 288 g/mol. The molecule has 2 heterocycles. The van der Waals surface area contributed by atoms with E-state index in [0.29, 0.717) is 16.5 Å². The molecule has 3 aromatic rings. The highest BCUT2D eigenvalue weighted by Crippen LogP contribution is 2.38. The Bertz CT molecular complexity index is 791. The smallest absolute Gasteiger partial charge is 0.234 e. The monoisotopic (exact) mass is 288 g/mol. The van der Waals surface area contributed by atoms with Gasteiger partial charge in [0.25, 0.3) is 0 Å². The van der Waals surface area contributed by atoms with Crippen LogP contribution < -0.4 is 0 Å². The minimum Gasteiger partial charge on any atom is -0.508 e. The summed E-state index contributed by atoms with van der Waals surface area (Å²) in [5.41, 5.74) is 0.595. The molecule has 20 heavy (non-hydrogen) atoms. The Kier molecular flexibility index (Phi) is 2.43. The predicted octanol–water partition coefficient (Wildman–Crippen LogP) is 2.53. The van der Waals surface area contributed by atoms with Crippen molar-refractivity contribution < 1.29 is 10.2 Å². The molecule has 0 radical (unpaired) electrons. The van der Waals surface area contributed by atoms with Crippen molar-refractivity contribution in [3.05, 3.63) is 24.0 Å². The summed E-state index contributed by atoms with van der Waals surface area (Å²) in [5.74, 6) is 1.41. The molecule has 2 N–H and O–H groups in total. The van der Waals surface area contributed by atoms with Crippen molar-refractivity contribution in [3.8, 4) is 22.1 Å². The zero-order valence-electron chi connectivity index (χ0n) is 10.5. The van der Waals surface area contributed by atoms with Crippen molar-refractivity contribution in [2.45, 2.75) is 25.2 Å². The number of hydrogen-bond donors (Lipinski definition) is 2. The van der Waals surface area contributed by atoms with Gasteiger partial charge in [0.05, 0.1) is 5.56 Å². The predicted molar refractivity (Wildman–Crippen MR) is 74.0 cm³/mol. The third-order valence-corrected chi connectivity index (χ3v) is 4.63. The number of nitrogens with zero attached hydrogens (tertiary/aromatic N) is 4. The van der Waals surface area contributed by atoms with E-state index in [0.717, 1.165) is 23.6 Å². The highest BCUT2D eigenvalue weighted by molar-refractivity contribution is 7.19. The minimum atomic E-state index is 0.0140. The van der Waals surface area contributed by atoms with Gasteiger partial charge in [-0.1, -0.05) is 17.8 Å². The second kappa shape index (κ2) is 4.17. The van der Waals surface area contributed by atoms with Gasteiger partial charge in [0.2, 0.25) is 4.96 Å². The largest absolute Gasteiger partial charge is 0.508 e. The van der Waals surface area contributed by atoms with Crippen LogP contribution in [0.5, 0.6) is 11.5 Å². The van der Waals surface area contributed by atoms with Crippen LogP contribution in [0.3, 0.4) is 0 Å². The molecule has 1 aromatic carbocycles. The summed E-state index contributed by atoms with van der Waals surface area (Å²) in [6.07, 6.45) is 3.51. The van der Waals surface area contributed by atoms with Crippen LogP contribution in [0.2, 0.25) is 0 Å². The lowest BCUT2D eigenvalue weighted by atomic mass is 9.85. The van der Waals surface area contributed by atoms with Gasteiger partial charge in [-0.25, -0.2) is 0 Å². The lowest BCUT2D eigenvalue weighted by Gasteiger charge is -2.22. The van der Waals surface area contributed by atoms with Crippen molar-refractivity contribution in [1.82, 2.24) is 19.8 Å². The molecule has 102 valence electrons. The minimum absolute atomic E-state index is 0.0140. The molecule has 0 bridgehead atoms. The first-order chi connectivity index (χ1) is 9.72. The molecule has 0 unspecified atom stereocenters. The number of aromatic nitrogens is 4. The fourth-order valence-corrected chi connectivity index (χ4v) is 3.24. The van der Waals surface area contributed by atoms with Crippen LogP contribution in [0.25, 0.3) is 15.5 Å². The maximum absolute atomic E-state index is 9.90. The van der Waals surface area contributed by atoms with E-state index in [-0.39, 0.29) is 11.5 Å². The van der Waals surface area contributed by atoms with Crippen molar-refractivity contribution in [2.24, 2.45) is 0 Å². The van der Waals surface area contributed by atoms with Gasteiger partial charge in [0.1, 0.15) is 11.5 Å². The molecule has 0 spiro atoms. The number of phenols is 2. The van der Waals surface area contributed by atoms with Crippen LogP contribution >= 0.6 is 11.3 Å². The second-order valence-electron chi connectivity index (χ2n) is 4.99. The Morgan fingerprint density at radius 1 is 1.20 bits per heavy atom. The van der Waals surface area contributed by atoms with E-state index in [2.05, 4.69) is 15.3 Å². The summed E-state index contributed by atoms with van der Waals surface area (Å²) in [6.45, 7) is 0. The molecule has 1 aliphatic carbocycles. The summed E-state index contributed by atoms with van der Waals surface area (Å²) in [4.78, 5) is 0.731. The summed E-state index contributed by atoms with van der Waals surface area (Å²) in [5, 5.41) is 32.8. The van der Waals surface area contributed by atoms with E-state index < -0.39 is 0 Å². The van der Waals surface area contributed by atoms with E-state index in [1.54, 1.807) is 10.6 Å². The van der Waals surface area contributed by atoms with Crippen LogP contribution in [-0.2, 0) is 0 Å². The molecule has 2 aromatic heterocycles. The molecule has 1 aliphatic rings. The van der Waals surface area contributed by atoms with Crippen molar-refractivity contribution >= 4 is 16.3 Å². The Labute approximate surface area is 118 Å². The Morgan fingerprint density at radius 3 is 2.75 bits per heavy atom. The quantitative estimate of drug-likeness (QED) is 0.757. The number of fused-ring (bicyclic) bond motifs is 1. The summed E-state index contributed by atoms with van der Waals surface area (Å²) < 4.78 is 1.77. The summed E-state index contributed by atoms with van der Waals surface area (Å²) in [6, 6.07) is 4.49. The molecular formula is C13H12N4O2S. The number of aromatic hydroxyl groups is 2. The second-order valence-corrected chi connectivity index (χ2v) is 5.95. The molecule has 1 saturated carbocycles. The first-order valence-electron chi connectivity index (χ1n) is 6.47. The van der Waals surface area contributed by atoms with Crippen molar-refractivity contribution in [3.63, 3.8) is 0 Å². The molecule has 0 atom stereocenters. The zero-order valence-corrected chi connectivity index (χ0v) is 11.3. The number of rotatable bonds is 2. The Balaban J connectivity index is 1.82. The van der Waals surface area contributed by atoms with Crippen molar-refractivity contribution in [1.29, 1.82) is 0 Å². The number of benzene rings is 1. The molecule has 4 rings (SSSR count). The van der Waals surface area contributed by atoms with Gasteiger partial charge in [-0.15, -0.1) is 10.2 Å². The molecular weight excluding hydrogens is 276 g/mol. The highest BCUT2D eigenvalue weighted by Gasteiger charge is 2.26. The van der Waals surface area contributed by atoms with Gasteiger partial charge in [-0.2, -0.15) is 9.61 Å². The maximum atomic E-state index is 9.90. The van der Waals surface area contributed by atoms with Crippen LogP contribution in [0.15, 0.2) is 18.2 Å². The third kappa shape index (κ3) is 1.66. The van der Waals surface area contributed by atoms with Gasteiger partial charge in [0, 0.05) is 12.0 Å². The Morgan fingerprint density at radius 2 is 2.05 bits per heavy atom. The molecule has 0 saturated heterocycles. The van der Waals surface area contributed by atoms with E-state index in [1.165, 1.54) is 29.9 Å².